The minimum absolute atomic E-state index is 0.0231. The third kappa shape index (κ3) is 5.29. The van der Waals surface area contributed by atoms with Crippen LogP contribution in [0.25, 0.3) is 0 Å². The first-order valence-corrected chi connectivity index (χ1v) is 9.72. The van der Waals surface area contributed by atoms with Crippen LogP contribution in [0.5, 0.6) is 0 Å². The van der Waals surface area contributed by atoms with Crippen LogP contribution in [0.15, 0.2) is 53.6 Å². The average Bonchev–Trinajstić information content (AvgIpc) is 2.81. The van der Waals surface area contributed by atoms with Crippen LogP contribution >= 0.6 is 0 Å². The van der Waals surface area contributed by atoms with Crippen molar-refractivity contribution < 1.29 is 14.1 Å². The highest BCUT2D eigenvalue weighted by Gasteiger charge is 2.17. The zero-order valence-electron chi connectivity index (χ0n) is 16.8. The summed E-state index contributed by atoms with van der Waals surface area (Å²) >= 11 is 0. The van der Waals surface area contributed by atoms with Crippen molar-refractivity contribution in [1.82, 2.24) is 15.0 Å². The molecule has 2 heterocycles. The smallest absolute Gasteiger partial charge is 0.269 e. The summed E-state index contributed by atoms with van der Waals surface area (Å²) in [5, 5.41) is 17.9. The number of nitrogens with zero attached hydrogens (tertiary/aromatic N) is 6. The van der Waals surface area contributed by atoms with Gasteiger partial charge in [0.1, 0.15) is 5.82 Å². The van der Waals surface area contributed by atoms with Crippen LogP contribution in [0.1, 0.15) is 5.56 Å². The lowest BCUT2D eigenvalue weighted by Gasteiger charge is -2.27. The Hall–Kier alpha value is -4.19. The predicted molar refractivity (Wildman–Crippen MR) is 117 cm³/mol. The summed E-state index contributed by atoms with van der Waals surface area (Å²) in [6, 6.07) is 12.1. The summed E-state index contributed by atoms with van der Waals surface area (Å²) in [4.78, 5) is 25.4. The number of rotatable bonds is 7. The second-order valence-electron chi connectivity index (χ2n) is 6.70. The molecule has 1 aromatic heterocycles. The van der Waals surface area contributed by atoms with Crippen LogP contribution < -0.4 is 15.6 Å². The Kier molecular flexibility index (Phi) is 6.41. The number of non-ortho nitro benzene ring substituents is 1. The van der Waals surface area contributed by atoms with Gasteiger partial charge in [0.15, 0.2) is 0 Å². The van der Waals surface area contributed by atoms with Crippen molar-refractivity contribution in [3.05, 3.63) is 70.0 Å². The van der Waals surface area contributed by atoms with Crippen LogP contribution in [0.3, 0.4) is 0 Å². The number of hydrazone groups is 1. The lowest BCUT2D eigenvalue weighted by atomic mass is 10.2. The Morgan fingerprint density at radius 3 is 2.50 bits per heavy atom. The number of anilines is 4. The van der Waals surface area contributed by atoms with Crippen LogP contribution in [0, 0.1) is 15.9 Å². The minimum atomic E-state index is -0.473. The maximum Gasteiger partial charge on any atom is 0.269 e. The molecular weight excluding hydrogens is 419 g/mol. The Labute approximate surface area is 182 Å². The van der Waals surface area contributed by atoms with E-state index in [4.69, 9.17) is 4.74 Å². The molecule has 12 heteroatoms. The minimum Gasteiger partial charge on any atom is -0.378 e. The number of benzene rings is 2. The van der Waals surface area contributed by atoms with E-state index in [1.807, 2.05) is 4.90 Å². The first-order valence-electron chi connectivity index (χ1n) is 9.72. The molecule has 4 rings (SSSR count). The summed E-state index contributed by atoms with van der Waals surface area (Å²) in [5.41, 5.74) is 3.56. The third-order valence-electron chi connectivity index (χ3n) is 4.53. The summed E-state index contributed by atoms with van der Waals surface area (Å²) in [7, 11) is 0. The number of aromatic nitrogens is 3. The second kappa shape index (κ2) is 9.75. The molecule has 32 heavy (non-hydrogen) atoms. The van der Waals surface area contributed by atoms with Gasteiger partial charge in [-0.3, -0.25) is 10.1 Å². The van der Waals surface area contributed by atoms with Crippen molar-refractivity contribution >= 4 is 35.4 Å². The monoisotopic (exact) mass is 438 g/mol. The first-order chi connectivity index (χ1) is 15.6. The SMILES string of the molecule is O=[N+]([O-])c1ccc(Nc2nc(N/N=C/c3ccccc3F)nc(N3CCOCC3)n2)cc1. The molecule has 0 spiro atoms. The van der Waals surface area contributed by atoms with Gasteiger partial charge in [0.05, 0.1) is 24.4 Å². The van der Waals surface area contributed by atoms with E-state index in [1.54, 1.807) is 30.3 Å². The van der Waals surface area contributed by atoms with E-state index in [-0.39, 0.29) is 17.6 Å². The van der Waals surface area contributed by atoms with E-state index in [1.165, 1.54) is 24.4 Å². The molecule has 0 saturated carbocycles. The van der Waals surface area contributed by atoms with E-state index < -0.39 is 10.7 Å². The molecule has 0 unspecified atom stereocenters. The number of hydrogen-bond donors (Lipinski definition) is 2. The van der Waals surface area contributed by atoms with E-state index >= 15 is 0 Å². The summed E-state index contributed by atoms with van der Waals surface area (Å²) in [5.74, 6) is 0.386. The van der Waals surface area contributed by atoms with Crippen molar-refractivity contribution in [2.75, 3.05) is 41.9 Å². The fourth-order valence-electron chi connectivity index (χ4n) is 2.91. The number of hydrogen-bond acceptors (Lipinski definition) is 10. The number of nitro benzene ring substituents is 1. The summed E-state index contributed by atoms with van der Waals surface area (Å²) in [6.45, 7) is 2.31. The van der Waals surface area contributed by atoms with E-state index in [2.05, 4.69) is 30.8 Å². The number of nitrogens with one attached hydrogen (secondary N) is 2. The molecule has 1 fully saturated rings. The molecule has 0 amide bonds. The Bertz CT molecular complexity index is 1120. The number of morpholine rings is 1. The molecule has 1 aliphatic rings. The largest absolute Gasteiger partial charge is 0.378 e. The van der Waals surface area contributed by atoms with Gasteiger partial charge in [-0.15, -0.1) is 0 Å². The highest BCUT2D eigenvalue weighted by Crippen LogP contribution is 2.21. The lowest BCUT2D eigenvalue weighted by molar-refractivity contribution is -0.384. The van der Waals surface area contributed by atoms with Gasteiger partial charge in [-0.25, -0.2) is 9.82 Å². The fourth-order valence-corrected chi connectivity index (χ4v) is 2.91. The van der Waals surface area contributed by atoms with Crippen LogP contribution in [0.4, 0.5) is 33.6 Å². The van der Waals surface area contributed by atoms with Gasteiger partial charge in [-0.2, -0.15) is 20.1 Å². The quantitative estimate of drug-likeness (QED) is 0.325. The average molecular weight is 438 g/mol. The Morgan fingerprint density at radius 1 is 1.06 bits per heavy atom. The van der Waals surface area contributed by atoms with Gasteiger partial charge in [-0.05, 0) is 18.2 Å². The van der Waals surface area contributed by atoms with Crippen LogP contribution in [0.2, 0.25) is 0 Å². The zero-order valence-corrected chi connectivity index (χ0v) is 16.8. The molecule has 164 valence electrons. The van der Waals surface area contributed by atoms with E-state index in [9.17, 15) is 14.5 Å². The highest BCUT2D eigenvalue weighted by molar-refractivity contribution is 5.80. The van der Waals surface area contributed by atoms with Gasteiger partial charge in [0.2, 0.25) is 17.8 Å². The predicted octanol–water partition coefficient (Wildman–Crippen LogP) is 2.95. The van der Waals surface area contributed by atoms with Crippen molar-refractivity contribution in [3.8, 4) is 0 Å². The standard InChI is InChI=1S/C20H19FN8O3/c21-17-4-2-1-3-14(17)13-22-27-19-24-18(23-15-5-7-16(8-6-15)29(30)31)25-20(26-19)28-9-11-32-12-10-28/h1-8,13H,9-12H2,(H2,23,24,25,26,27)/b22-13+. The van der Waals surface area contributed by atoms with Gasteiger partial charge >= 0.3 is 0 Å². The number of ether oxygens (including phenoxy) is 1. The first kappa shape index (κ1) is 21.1. The maximum absolute atomic E-state index is 13.8. The molecular formula is C20H19FN8O3. The van der Waals surface area contributed by atoms with Crippen molar-refractivity contribution in [2.45, 2.75) is 0 Å². The highest BCUT2D eigenvalue weighted by atomic mass is 19.1. The summed E-state index contributed by atoms with van der Waals surface area (Å²) in [6.07, 6.45) is 1.33. The lowest BCUT2D eigenvalue weighted by Crippen LogP contribution is -2.37. The van der Waals surface area contributed by atoms with Gasteiger partial charge in [0.25, 0.3) is 5.69 Å². The molecule has 2 aromatic carbocycles. The molecule has 2 N–H and O–H groups in total. The van der Waals surface area contributed by atoms with Gasteiger partial charge in [0, 0.05) is 36.5 Å². The zero-order chi connectivity index (χ0) is 22.3. The molecule has 11 nitrogen and oxygen atoms in total. The van der Waals surface area contributed by atoms with Crippen molar-refractivity contribution in [3.63, 3.8) is 0 Å². The Balaban J connectivity index is 1.57. The second-order valence-corrected chi connectivity index (χ2v) is 6.70. The van der Waals surface area contributed by atoms with Gasteiger partial charge in [-0.1, -0.05) is 18.2 Å². The maximum atomic E-state index is 13.8. The molecule has 0 aliphatic carbocycles. The normalized spacial score (nSPS) is 13.8. The fraction of sp³-hybridized carbons (Fsp3) is 0.200. The van der Waals surface area contributed by atoms with E-state index in [0.29, 0.717) is 43.5 Å². The van der Waals surface area contributed by atoms with Crippen molar-refractivity contribution in [2.24, 2.45) is 5.10 Å². The van der Waals surface area contributed by atoms with Crippen molar-refractivity contribution in [1.29, 1.82) is 0 Å². The molecule has 1 aliphatic heterocycles. The number of halogens is 1. The molecule has 1 saturated heterocycles. The van der Waals surface area contributed by atoms with Crippen LogP contribution in [-0.4, -0.2) is 52.4 Å². The molecule has 0 radical (unpaired) electrons. The Morgan fingerprint density at radius 2 is 1.78 bits per heavy atom. The summed E-state index contributed by atoms with van der Waals surface area (Å²) < 4.78 is 19.2. The molecule has 3 aromatic rings. The molecule has 0 atom stereocenters. The molecule has 0 bridgehead atoms. The topological polar surface area (TPSA) is 131 Å². The number of nitro groups is 1. The van der Waals surface area contributed by atoms with Crippen LogP contribution in [-0.2, 0) is 4.74 Å². The third-order valence-corrected chi connectivity index (χ3v) is 4.53. The van der Waals surface area contributed by atoms with Gasteiger partial charge < -0.3 is 15.0 Å². The van der Waals surface area contributed by atoms with E-state index in [0.717, 1.165) is 0 Å².